The van der Waals surface area contributed by atoms with E-state index in [1.807, 2.05) is 0 Å². The molecule has 1 aromatic carbocycles. The fourth-order valence-electron chi connectivity index (χ4n) is 1.66. The lowest BCUT2D eigenvalue weighted by atomic mass is 10.1. The molecule has 1 rings (SSSR count). The second-order valence-corrected chi connectivity index (χ2v) is 8.00. The van der Waals surface area contributed by atoms with Crippen molar-refractivity contribution in [1.82, 2.24) is 5.32 Å². The van der Waals surface area contributed by atoms with E-state index in [1.165, 1.54) is 0 Å². The summed E-state index contributed by atoms with van der Waals surface area (Å²) in [5, 5.41) is 3.55. The van der Waals surface area contributed by atoms with Crippen LogP contribution in [-0.4, -0.2) is 32.4 Å². The van der Waals surface area contributed by atoms with Crippen LogP contribution in [0.4, 0.5) is 0 Å². The van der Waals surface area contributed by atoms with E-state index in [0.717, 1.165) is 11.8 Å². The number of carbonyl (C=O) groups is 1. The molecule has 9 heteroatoms. The second kappa shape index (κ2) is 8.93. The van der Waals surface area contributed by atoms with E-state index < -0.39 is 21.8 Å². The van der Waals surface area contributed by atoms with Crippen molar-refractivity contribution in [1.29, 1.82) is 0 Å². The summed E-state index contributed by atoms with van der Waals surface area (Å²) in [6.07, 6.45) is 1.19. The Bertz CT molecular complexity index is 623. The Morgan fingerprint density at radius 2 is 1.91 bits per heavy atom. The average Bonchev–Trinajstić information content (AvgIpc) is 2.38. The highest BCUT2D eigenvalue weighted by atomic mass is 35.5. The van der Waals surface area contributed by atoms with Crippen molar-refractivity contribution < 1.29 is 13.2 Å². The van der Waals surface area contributed by atoms with Gasteiger partial charge < -0.3 is 11.1 Å². The predicted molar refractivity (Wildman–Crippen MR) is 92.6 cm³/mol. The van der Waals surface area contributed by atoms with E-state index in [9.17, 15) is 13.2 Å². The molecule has 0 aliphatic heterocycles. The van der Waals surface area contributed by atoms with Crippen LogP contribution in [0.5, 0.6) is 0 Å². The van der Waals surface area contributed by atoms with Crippen LogP contribution in [0, 0.1) is 0 Å². The summed E-state index contributed by atoms with van der Waals surface area (Å²) in [5.41, 5.74) is 6.47. The van der Waals surface area contributed by atoms with Gasteiger partial charge in [0.15, 0.2) is 0 Å². The molecule has 1 amide bonds. The van der Waals surface area contributed by atoms with Gasteiger partial charge in [-0.1, -0.05) is 29.3 Å². The van der Waals surface area contributed by atoms with Gasteiger partial charge in [0.2, 0.25) is 5.91 Å². The fourth-order valence-corrected chi connectivity index (χ4v) is 2.65. The SMILES string of the molecule is CC(NC(=O)C(N)CCS(C)(=O)=O)c1ccc(Cl)c(Cl)c1.Cl. The Labute approximate surface area is 146 Å². The molecule has 2 unspecified atom stereocenters. The van der Waals surface area contributed by atoms with Gasteiger partial charge in [-0.3, -0.25) is 4.79 Å². The zero-order valence-electron chi connectivity index (χ0n) is 12.2. The van der Waals surface area contributed by atoms with Gasteiger partial charge in [0, 0.05) is 6.26 Å². The Hall–Kier alpha value is -0.530. The van der Waals surface area contributed by atoms with Crippen molar-refractivity contribution in [2.75, 3.05) is 12.0 Å². The maximum atomic E-state index is 11.9. The van der Waals surface area contributed by atoms with E-state index in [2.05, 4.69) is 5.32 Å². The molecule has 1 aromatic rings. The number of rotatable bonds is 6. The molecular formula is C13H19Cl3N2O3S. The monoisotopic (exact) mass is 388 g/mol. The quantitative estimate of drug-likeness (QED) is 0.781. The highest BCUT2D eigenvalue weighted by Crippen LogP contribution is 2.25. The van der Waals surface area contributed by atoms with E-state index in [4.69, 9.17) is 28.9 Å². The van der Waals surface area contributed by atoms with Crippen molar-refractivity contribution in [3.05, 3.63) is 33.8 Å². The molecule has 0 spiro atoms. The van der Waals surface area contributed by atoms with E-state index in [1.54, 1.807) is 25.1 Å². The molecule has 126 valence electrons. The number of nitrogens with two attached hydrogens (primary N) is 1. The van der Waals surface area contributed by atoms with Gasteiger partial charge in [0.25, 0.3) is 0 Å². The molecule has 0 saturated heterocycles. The molecule has 22 heavy (non-hydrogen) atoms. The summed E-state index contributed by atoms with van der Waals surface area (Å²) in [4.78, 5) is 11.9. The third-order valence-corrected chi connectivity index (χ3v) is 4.66. The normalized spacial score (nSPS) is 13.9. The first-order valence-electron chi connectivity index (χ1n) is 6.29. The maximum Gasteiger partial charge on any atom is 0.237 e. The molecule has 0 radical (unpaired) electrons. The standard InChI is InChI=1S/C13H18Cl2N2O3S.ClH/c1-8(9-3-4-10(14)11(15)7-9)17-13(18)12(16)5-6-21(2,19)20;/h3-4,7-8,12H,5-6,16H2,1-2H3,(H,17,18);1H. The summed E-state index contributed by atoms with van der Waals surface area (Å²) in [5.74, 6) is -0.528. The Morgan fingerprint density at radius 1 is 1.32 bits per heavy atom. The average molecular weight is 390 g/mol. The van der Waals surface area contributed by atoms with Crippen molar-refractivity contribution in [3.63, 3.8) is 0 Å². The van der Waals surface area contributed by atoms with E-state index in [-0.39, 0.29) is 30.6 Å². The van der Waals surface area contributed by atoms with Gasteiger partial charge >= 0.3 is 0 Å². The van der Waals surface area contributed by atoms with Crippen LogP contribution in [-0.2, 0) is 14.6 Å². The number of carbonyl (C=O) groups excluding carboxylic acids is 1. The highest BCUT2D eigenvalue weighted by Gasteiger charge is 2.18. The first-order chi connectivity index (χ1) is 9.60. The van der Waals surface area contributed by atoms with Crippen LogP contribution in [0.25, 0.3) is 0 Å². The van der Waals surface area contributed by atoms with Crippen LogP contribution in [0.15, 0.2) is 18.2 Å². The lowest BCUT2D eigenvalue weighted by molar-refractivity contribution is -0.123. The summed E-state index contributed by atoms with van der Waals surface area (Å²) in [6, 6.07) is 3.88. The molecule has 0 aromatic heterocycles. The minimum Gasteiger partial charge on any atom is -0.348 e. The van der Waals surface area contributed by atoms with Gasteiger partial charge in [-0.05, 0) is 31.0 Å². The van der Waals surface area contributed by atoms with Gasteiger partial charge in [-0.2, -0.15) is 0 Å². The molecule has 3 N–H and O–H groups in total. The molecule has 0 aliphatic carbocycles. The smallest absolute Gasteiger partial charge is 0.237 e. The number of benzene rings is 1. The number of halogens is 3. The number of sulfone groups is 1. The number of hydrogen-bond donors (Lipinski definition) is 2. The number of nitrogens with one attached hydrogen (secondary N) is 1. The summed E-state index contributed by atoms with van der Waals surface area (Å²) in [7, 11) is -3.14. The zero-order chi connectivity index (χ0) is 16.2. The lowest BCUT2D eigenvalue weighted by Gasteiger charge is -2.18. The molecule has 0 aliphatic rings. The number of hydrogen-bond acceptors (Lipinski definition) is 4. The minimum absolute atomic E-state index is 0. The molecule has 0 saturated carbocycles. The molecule has 0 fully saturated rings. The maximum absolute atomic E-state index is 11.9. The highest BCUT2D eigenvalue weighted by molar-refractivity contribution is 7.90. The molecule has 0 bridgehead atoms. The van der Waals surface area contributed by atoms with Crippen LogP contribution < -0.4 is 11.1 Å². The van der Waals surface area contributed by atoms with Crippen molar-refractivity contribution in [2.24, 2.45) is 5.73 Å². The number of amides is 1. The van der Waals surface area contributed by atoms with Crippen LogP contribution in [0.1, 0.15) is 24.9 Å². The van der Waals surface area contributed by atoms with Crippen LogP contribution >= 0.6 is 35.6 Å². The third kappa shape index (κ3) is 7.15. The second-order valence-electron chi connectivity index (χ2n) is 4.93. The third-order valence-electron chi connectivity index (χ3n) is 2.94. The molecule has 0 heterocycles. The van der Waals surface area contributed by atoms with Gasteiger partial charge in [0.1, 0.15) is 9.84 Å². The lowest BCUT2D eigenvalue weighted by Crippen LogP contribution is -2.42. The van der Waals surface area contributed by atoms with Crippen LogP contribution in [0.3, 0.4) is 0 Å². The zero-order valence-corrected chi connectivity index (χ0v) is 15.3. The van der Waals surface area contributed by atoms with Crippen molar-refractivity contribution >= 4 is 51.4 Å². The van der Waals surface area contributed by atoms with E-state index in [0.29, 0.717) is 10.0 Å². The summed E-state index contributed by atoms with van der Waals surface area (Å²) < 4.78 is 22.1. The molecule has 2 atom stereocenters. The van der Waals surface area contributed by atoms with Crippen molar-refractivity contribution in [2.45, 2.75) is 25.4 Å². The van der Waals surface area contributed by atoms with Gasteiger partial charge in [0.05, 0.1) is 27.9 Å². The van der Waals surface area contributed by atoms with Gasteiger partial charge in [-0.25, -0.2) is 8.42 Å². The summed E-state index contributed by atoms with van der Waals surface area (Å²) >= 11 is 11.8. The van der Waals surface area contributed by atoms with Crippen molar-refractivity contribution in [3.8, 4) is 0 Å². The Morgan fingerprint density at radius 3 is 2.41 bits per heavy atom. The van der Waals surface area contributed by atoms with Gasteiger partial charge in [-0.15, -0.1) is 12.4 Å². The Balaban J connectivity index is 0.00000441. The largest absolute Gasteiger partial charge is 0.348 e. The fraction of sp³-hybridized carbons (Fsp3) is 0.462. The minimum atomic E-state index is -3.14. The van der Waals surface area contributed by atoms with E-state index >= 15 is 0 Å². The molecular weight excluding hydrogens is 371 g/mol. The topological polar surface area (TPSA) is 89.3 Å². The Kier molecular flexibility index (Phi) is 8.72. The van der Waals surface area contributed by atoms with Crippen LogP contribution in [0.2, 0.25) is 10.0 Å². The first kappa shape index (κ1) is 21.5. The first-order valence-corrected chi connectivity index (χ1v) is 9.10. The summed E-state index contributed by atoms with van der Waals surface area (Å²) in [6.45, 7) is 1.78. The predicted octanol–water partition coefficient (Wildman–Crippen LogP) is 2.35. The molecule has 5 nitrogen and oxygen atoms in total.